The van der Waals surface area contributed by atoms with Crippen LogP contribution in [0.1, 0.15) is 18.9 Å². The van der Waals surface area contributed by atoms with E-state index in [0.29, 0.717) is 6.07 Å². The number of rotatable bonds is 3. The summed E-state index contributed by atoms with van der Waals surface area (Å²) in [4.78, 5) is 10.5. The topological polar surface area (TPSA) is 74.7 Å². The molecule has 1 N–H and O–H groups in total. The van der Waals surface area contributed by atoms with Crippen LogP contribution in [0.25, 0.3) is 0 Å². The first-order chi connectivity index (χ1) is 9.58. The van der Waals surface area contributed by atoms with Crippen LogP contribution in [0.2, 0.25) is 0 Å². The molecule has 2 rings (SSSR count). The Balaban J connectivity index is 2.41. The fourth-order valence-electron chi connectivity index (χ4n) is 2.27. The quantitative estimate of drug-likeness (QED) is 0.921. The first-order valence-electron chi connectivity index (χ1n) is 6.27. The summed E-state index contributed by atoms with van der Waals surface area (Å²) in [6.07, 6.45) is 0.142. The molecule has 1 heterocycles. The van der Waals surface area contributed by atoms with E-state index >= 15 is 0 Å². The Morgan fingerprint density at radius 3 is 2.48 bits per heavy atom. The summed E-state index contributed by atoms with van der Waals surface area (Å²) >= 11 is 0. The van der Waals surface area contributed by atoms with Crippen molar-refractivity contribution in [3.63, 3.8) is 0 Å². The Morgan fingerprint density at radius 1 is 1.33 bits per heavy atom. The molecule has 0 spiro atoms. The second-order valence-corrected chi connectivity index (χ2v) is 7.39. The van der Waals surface area contributed by atoms with Crippen molar-refractivity contribution < 1.29 is 27.1 Å². The van der Waals surface area contributed by atoms with Gasteiger partial charge < -0.3 is 5.11 Å². The average Bonchev–Trinajstić information content (AvgIpc) is 2.78. The minimum absolute atomic E-state index is 0.00942. The Labute approximate surface area is 121 Å². The number of nitrogens with zero attached hydrogens (tertiary/aromatic N) is 1. The third kappa shape index (κ3) is 2.65. The fourth-order valence-corrected chi connectivity index (χ4v) is 3.96. The maximum atomic E-state index is 13.8. The molecule has 1 aliphatic heterocycles. The molecule has 1 aliphatic rings. The molecule has 1 aromatic rings. The van der Waals surface area contributed by atoms with E-state index in [0.717, 1.165) is 10.4 Å². The van der Waals surface area contributed by atoms with Gasteiger partial charge in [-0.05, 0) is 31.9 Å². The normalized spacial score (nSPS) is 23.4. The van der Waals surface area contributed by atoms with Crippen LogP contribution in [-0.2, 0) is 14.8 Å². The zero-order valence-corrected chi connectivity index (χ0v) is 12.4. The number of hydrogen-bond donors (Lipinski definition) is 1. The van der Waals surface area contributed by atoms with Crippen LogP contribution >= 0.6 is 0 Å². The minimum atomic E-state index is -4.18. The highest BCUT2D eigenvalue weighted by Crippen LogP contribution is 2.34. The predicted octanol–water partition coefficient (Wildman–Crippen LogP) is 1.76. The van der Waals surface area contributed by atoms with Crippen LogP contribution in [0, 0.1) is 24.0 Å². The van der Waals surface area contributed by atoms with Gasteiger partial charge in [0.1, 0.15) is 16.5 Å². The first-order valence-corrected chi connectivity index (χ1v) is 7.71. The summed E-state index contributed by atoms with van der Waals surface area (Å²) in [7, 11) is -4.18. The molecule has 1 unspecified atom stereocenters. The van der Waals surface area contributed by atoms with Crippen LogP contribution < -0.4 is 0 Å². The Hall–Kier alpha value is -1.54. The van der Waals surface area contributed by atoms with Gasteiger partial charge in [-0.15, -0.1) is 0 Å². The molecule has 0 bridgehead atoms. The number of aliphatic carboxylic acids is 1. The number of carboxylic acids is 1. The number of carboxylic acid groups (broad SMARTS) is 1. The maximum Gasteiger partial charge on any atom is 0.310 e. The molecule has 1 aromatic carbocycles. The van der Waals surface area contributed by atoms with E-state index in [9.17, 15) is 22.0 Å². The first kappa shape index (κ1) is 15.8. The van der Waals surface area contributed by atoms with E-state index in [2.05, 4.69) is 0 Å². The summed E-state index contributed by atoms with van der Waals surface area (Å²) in [6, 6.07) is 1.45. The molecular weight excluding hydrogens is 304 g/mol. The third-order valence-corrected chi connectivity index (χ3v) is 5.65. The standard InChI is InChI=1S/C13H15F2NO4S/c1-8-5-11(10(15)6-9(8)14)21(19,20)16-4-3-13(2,7-16)12(17)18/h5-6H,3-4,7H2,1-2H3,(H,17,18). The van der Waals surface area contributed by atoms with E-state index in [1.165, 1.54) is 13.8 Å². The SMILES string of the molecule is Cc1cc(S(=O)(=O)N2CCC(C)(C(=O)O)C2)c(F)cc1F. The molecule has 0 radical (unpaired) electrons. The van der Waals surface area contributed by atoms with Crippen molar-refractivity contribution in [3.05, 3.63) is 29.3 Å². The summed E-state index contributed by atoms with van der Waals surface area (Å²) in [5, 5.41) is 9.12. The molecule has 1 atom stereocenters. The summed E-state index contributed by atoms with van der Waals surface area (Å²) in [6.45, 7) is 2.53. The summed E-state index contributed by atoms with van der Waals surface area (Å²) < 4.78 is 52.7. The number of hydrogen-bond acceptors (Lipinski definition) is 3. The highest BCUT2D eigenvalue weighted by Gasteiger charge is 2.45. The summed E-state index contributed by atoms with van der Waals surface area (Å²) in [5.74, 6) is -3.11. The molecule has 0 saturated carbocycles. The van der Waals surface area contributed by atoms with E-state index in [1.54, 1.807) is 0 Å². The second kappa shape index (κ2) is 5.03. The van der Waals surface area contributed by atoms with Gasteiger partial charge in [-0.25, -0.2) is 17.2 Å². The van der Waals surface area contributed by atoms with E-state index in [4.69, 9.17) is 5.11 Å². The molecule has 8 heteroatoms. The fraction of sp³-hybridized carbons (Fsp3) is 0.462. The zero-order valence-electron chi connectivity index (χ0n) is 11.6. The molecule has 0 aromatic heterocycles. The lowest BCUT2D eigenvalue weighted by Crippen LogP contribution is -2.35. The molecule has 5 nitrogen and oxygen atoms in total. The highest BCUT2D eigenvalue weighted by molar-refractivity contribution is 7.89. The maximum absolute atomic E-state index is 13.8. The van der Waals surface area contributed by atoms with Crippen LogP contribution in [0.3, 0.4) is 0 Å². The number of carbonyl (C=O) groups is 1. The van der Waals surface area contributed by atoms with Crippen LogP contribution in [0.4, 0.5) is 8.78 Å². The van der Waals surface area contributed by atoms with Crippen molar-refractivity contribution in [2.45, 2.75) is 25.2 Å². The molecule has 1 saturated heterocycles. The van der Waals surface area contributed by atoms with Gasteiger partial charge in [0, 0.05) is 19.2 Å². The molecule has 1 fully saturated rings. The van der Waals surface area contributed by atoms with E-state index in [-0.39, 0.29) is 25.1 Å². The minimum Gasteiger partial charge on any atom is -0.481 e. The highest BCUT2D eigenvalue weighted by atomic mass is 32.2. The van der Waals surface area contributed by atoms with Gasteiger partial charge in [-0.1, -0.05) is 0 Å². The van der Waals surface area contributed by atoms with Crippen LogP contribution in [0.15, 0.2) is 17.0 Å². The molecule has 0 amide bonds. The Bertz CT molecular complexity index is 704. The monoisotopic (exact) mass is 319 g/mol. The molecular formula is C13H15F2NO4S. The van der Waals surface area contributed by atoms with Gasteiger partial charge in [0.25, 0.3) is 0 Å². The van der Waals surface area contributed by atoms with Gasteiger partial charge in [-0.2, -0.15) is 4.31 Å². The van der Waals surface area contributed by atoms with Crippen molar-refractivity contribution in [1.29, 1.82) is 0 Å². The van der Waals surface area contributed by atoms with Crippen molar-refractivity contribution >= 4 is 16.0 Å². The van der Waals surface area contributed by atoms with Crippen molar-refractivity contribution in [2.24, 2.45) is 5.41 Å². The lowest BCUT2D eigenvalue weighted by atomic mass is 9.90. The largest absolute Gasteiger partial charge is 0.481 e. The van der Waals surface area contributed by atoms with Gasteiger partial charge in [0.15, 0.2) is 0 Å². The molecule has 21 heavy (non-hydrogen) atoms. The van der Waals surface area contributed by atoms with Gasteiger partial charge in [0.05, 0.1) is 5.41 Å². The van der Waals surface area contributed by atoms with Crippen LogP contribution in [-0.4, -0.2) is 36.9 Å². The smallest absolute Gasteiger partial charge is 0.310 e. The second-order valence-electron chi connectivity index (χ2n) is 5.49. The average molecular weight is 319 g/mol. The zero-order chi connectivity index (χ0) is 16.0. The lowest BCUT2D eigenvalue weighted by Gasteiger charge is -2.20. The Kier molecular flexibility index (Phi) is 3.79. The van der Waals surface area contributed by atoms with Gasteiger partial charge in [-0.3, -0.25) is 4.79 Å². The van der Waals surface area contributed by atoms with Crippen molar-refractivity contribution in [1.82, 2.24) is 4.31 Å². The van der Waals surface area contributed by atoms with Gasteiger partial charge >= 0.3 is 5.97 Å². The number of halogens is 2. The third-order valence-electron chi connectivity index (χ3n) is 3.79. The number of sulfonamides is 1. The Morgan fingerprint density at radius 2 is 1.95 bits per heavy atom. The summed E-state index contributed by atoms with van der Waals surface area (Å²) in [5.41, 5.74) is -1.19. The van der Waals surface area contributed by atoms with E-state index in [1.807, 2.05) is 0 Å². The van der Waals surface area contributed by atoms with Crippen molar-refractivity contribution in [3.8, 4) is 0 Å². The van der Waals surface area contributed by atoms with Gasteiger partial charge in [0.2, 0.25) is 10.0 Å². The molecule has 116 valence electrons. The molecule has 0 aliphatic carbocycles. The van der Waals surface area contributed by atoms with Crippen LogP contribution in [0.5, 0.6) is 0 Å². The number of aryl methyl sites for hydroxylation is 1. The number of benzene rings is 1. The lowest BCUT2D eigenvalue weighted by molar-refractivity contribution is -0.146. The van der Waals surface area contributed by atoms with Crippen molar-refractivity contribution in [2.75, 3.05) is 13.1 Å². The van der Waals surface area contributed by atoms with E-state index < -0.39 is 37.9 Å². The predicted molar refractivity (Wildman–Crippen MR) is 70.2 cm³/mol.